The SMILES string of the molecule is OC(c1ccccc1Br)c1c[nH]c2ccccc12. The van der Waals surface area contributed by atoms with Gasteiger partial charge in [0.1, 0.15) is 6.10 Å². The second kappa shape index (κ2) is 4.59. The number of aliphatic hydroxyl groups excluding tert-OH is 1. The van der Waals surface area contributed by atoms with E-state index >= 15 is 0 Å². The van der Waals surface area contributed by atoms with Crippen LogP contribution in [0.15, 0.2) is 59.2 Å². The van der Waals surface area contributed by atoms with E-state index in [1.807, 2.05) is 54.7 Å². The van der Waals surface area contributed by atoms with Crippen molar-refractivity contribution in [3.8, 4) is 0 Å². The molecule has 0 radical (unpaired) electrons. The molecule has 2 N–H and O–H groups in total. The summed E-state index contributed by atoms with van der Waals surface area (Å²) in [6.45, 7) is 0. The van der Waals surface area contributed by atoms with E-state index in [0.717, 1.165) is 26.5 Å². The van der Waals surface area contributed by atoms with E-state index in [-0.39, 0.29) is 0 Å². The van der Waals surface area contributed by atoms with Gasteiger partial charge in [-0.25, -0.2) is 0 Å². The highest BCUT2D eigenvalue weighted by molar-refractivity contribution is 9.10. The molecule has 2 aromatic carbocycles. The number of H-pyrrole nitrogens is 1. The quantitative estimate of drug-likeness (QED) is 0.737. The van der Waals surface area contributed by atoms with Crippen LogP contribution in [0.1, 0.15) is 17.2 Å². The van der Waals surface area contributed by atoms with E-state index in [2.05, 4.69) is 20.9 Å². The molecule has 0 aliphatic rings. The van der Waals surface area contributed by atoms with Gasteiger partial charge in [0, 0.05) is 27.1 Å². The molecular formula is C15H12BrNO. The zero-order valence-electron chi connectivity index (χ0n) is 9.60. The second-order valence-electron chi connectivity index (χ2n) is 4.21. The summed E-state index contributed by atoms with van der Waals surface area (Å²) in [5, 5.41) is 11.6. The lowest BCUT2D eigenvalue weighted by Gasteiger charge is -2.12. The molecular weight excluding hydrogens is 290 g/mol. The molecule has 3 rings (SSSR count). The average molecular weight is 302 g/mol. The molecule has 1 unspecified atom stereocenters. The topological polar surface area (TPSA) is 36.0 Å². The van der Waals surface area contributed by atoms with Gasteiger partial charge in [-0.3, -0.25) is 0 Å². The number of rotatable bonds is 2. The summed E-state index contributed by atoms with van der Waals surface area (Å²) in [7, 11) is 0. The minimum absolute atomic E-state index is 0.628. The molecule has 0 saturated carbocycles. The zero-order valence-corrected chi connectivity index (χ0v) is 11.2. The molecule has 0 aliphatic carbocycles. The number of hydrogen-bond acceptors (Lipinski definition) is 1. The van der Waals surface area contributed by atoms with Crippen LogP contribution < -0.4 is 0 Å². The van der Waals surface area contributed by atoms with Crippen LogP contribution in [0.5, 0.6) is 0 Å². The van der Waals surface area contributed by atoms with Crippen LogP contribution in [0.25, 0.3) is 10.9 Å². The van der Waals surface area contributed by atoms with Gasteiger partial charge in [-0.15, -0.1) is 0 Å². The molecule has 0 aliphatic heterocycles. The van der Waals surface area contributed by atoms with Crippen molar-refractivity contribution in [2.45, 2.75) is 6.10 Å². The maximum absolute atomic E-state index is 10.5. The number of para-hydroxylation sites is 1. The summed E-state index contributed by atoms with van der Waals surface area (Å²) in [5.74, 6) is 0. The van der Waals surface area contributed by atoms with Crippen molar-refractivity contribution in [1.82, 2.24) is 4.98 Å². The van der Waals surface area contributed by atoms with Gasteiger partial charge < -0.3 is 10.1 Å². The summed E-state index contributed by atoms with van der Waals surface area (Å²) in [4.78, 5) is 3.18. The molecule has 0 fully saturated rings. The van der Waals surface area contributed by atoms with E-state index in [1.165, 1.54) is 0 Å². The molecule has 3 heteroatoms. The highest BCUT2D eigenvalue weighted by Gasteiger charge is 2.16. The van der Waals surface area contributed by atoms with Crippen molar-refractivity contribution in [2.24, 2.45) is 0 Å². The van der Waals surface area contributed by atoms with Crippen LogP contribution >= 0.6 is 15.9 Å². The Labute approximate surface area is 113 Å². The molecule has 0 bridgehead atoms. The number of nitrogens with one attached hydrogen (secondary N) is 1. The predicted molar refractivity (Wildman–Crippen MR) is 76.5 cm³/mol. The number of benzene rings is 2. The molecule has 0 amide bonds. The third-order valence-corrected chi connectivity index (χ3v) is 3.84. The van der Waals surface area contributed by atoms with E-state index in [0.29, 0.717) is 0 Å². The normalized spacial score (nSPS) is 12.8. The van der Waals surface area contributed by atoms with Gasteiger partial charge >= 0.3 is 0 Å². The highest BCUT2D eigenvalue weighted by Crippen LogP contribution is 2.32. The Morgan fingerprint density at radius 3 is 2.50 bits per heavy atom. The van der Waals surface area contributed by atoms with Crippen LogP contribution in [0.2, 0.25) is 0 Å². The first-order valence-electron chi connectivity index (χ1n) is 5.76. The highest BCUT2D eigenvalue weighted by atomic mass is 79.9. The standard InChI is InChI=1S/C15H12BrNO/c16-13-7-3-1-6-11(13)15(18)12-9-17-14-8-4-2-5-10(12)14/h1-9,15,17-18H. The van der Waals surface area contributed by atoms with Crippen molar-refractivity contribution in [3.63, 3.8) is 0 Å². The molecule has 2 nitrogen and oxygen atoms in total. The van der Waals surface area contributed by atoms with Crippen molar-refractivity contribution < 1.29 is 5.11 Å². The van der Waals surface area contributed by atoms with Gasteiger partial charge in [0.2, 0.25) is 0 Å². The Bertz CT molecular complexity index is 690. The van der Waals surface area contributed by atoms with Gasteiger partial charge in [-0.1, -0.05) is 52.3 Å². The van der Waals surface area contributed by atoms with Crippen molar-refractivity contribution in [1.29, 1.82) is 0 Å². The van der Waals surface area contributed by atoms with E-state index in [1.54, 1.807) is 0 Å². The van der Waals surface area contributed by atoms with Crippen molar-refractivity contribution in [3.05, 3.63) is 70.3 Å². The van der Waals surface area contributed by atoms with E-state index in [9.17, 15) is 5.11 Å². The lowest BCUT2D eigenvalue weighted by Crippen LogP contribution is -1.99. The van der Waals surface area contributed by atoms with Crippen LogP contribution in [0.3, 0.4) is 0 Å². The summed E-state index contributed by atoms with van der Waals surface area (Å²) >= 11 is 3.48. The van der Waals surface area contributed by atoms with E-state index < -0.39 is 6.10 Å². The lowest BCUT2D eigenvalue weighted by atomic mass is 10.0. The fraction of sp³-hybridized carbons (Fsp3) is 0.0667. The number of aromatic nitrogens is 1. The van der Waals surface area contributed by atoms with Gasteiger partial charge in [0.25, 0.3) is 0 Å². The Kier molecular flexibility index (Phi) is 2.94. The first kappa shape index (κ1) is 11.5. The average Bonchev–Trinajstić information content (AvgIpc) is 2.82. The van der Waals surface area contributed by atoms with Crippen molar-refractivity contribution in [2.75, 3.05) is 0 Å². The smallest absolute Gasteiger partial charge is 0.107 e. The third kappa shape index (κ3) is 1.85. The van der Waals surface area contributed by atoms with Gasteiger partial charge in [0.15, 0.2) is 0 Å². The van der Waals surface area contributed by atoms with Crippen LogP contribution in [0, 0.1) is 0 Å². The maximum atomic E-state index is 10.5. The zero-order chi connectivity index (χ0) is 12.5. The number of aromatic amines is 1. The third-order valence-electron chi connectivity index (χ3n) is 3.12. The molecule has 18 heavy (non-hydrogen) atoms. The lowest BCUT2D eigenvalue weighted by molar-refractivity contribution is 0.221. The molecule has 3 aromatic rings. The first-order valence-corrected chi connectivity index (χ1v) is 6.55. The summed E-state index contributed by atoms with van der Waals surface area (Å²) in [6.07, 6.45) is 1.24. The molecule has 0 spiro atoms. The Morgan fingerprint density at radius 1 is 0.944 bits per heavy atom. The first-order chi connectivity index (χ1) is 8.77. The molecule has 1 heterocycles. The number of fused-ring (bicyclic) bond motifs is 1. The maximum Gasteiger partial charge on any atom is 0.107 e. The number of hydrogen-bond donors (Lipinski definition) is 2. The van der Waals surface area contributed by atoms with Crippen LogP contribution in [-0.2, 0) is 0 Å². The van der Waals surface area contributed by atoms with Gasteiger partial charge in [0.05, 0.1) is 0 Å². The minimum Gasteiger partial charge on any atom is -0.384 e. The Balaban J connectivity index is 2.13. The Morgan fingerprint density at radius 2 is 1.67 bits per heavy atom. The molecule has 90 valence electrons. The van der Waals surface area contributed by atoms with Gasteiger partial charge in [-0.05, 0) is 17.7 Å². The predicted octanol–water partition coefficient (Wildman–Crippen LogP) is 4.01. The minimum atomic E-state index is -0.628. The van der Waals surface area contributed by atoms with Gasteiger partial charge in [-0.2, -0.15) is 0 Å². The fourth-order valence-corrected chi connectivity index (χ4v) is 2.69. The van der Waals surface area contributed by atoms with Crippen molar-refractivity contribution >= 4 is 26.8 Å². The largest absolute Gasteiger partial charge is 0.384 e. The molecule has 0 saturated heterocycles. The summed E-state index contributed by atoms with van der Waals surface area (Å²) in [6, 6.07) is 15.7. The molecule has 1 atom stereocenters. The second-order valence-corrected chi connectivity index (χ2v) is 5.07. The van der Waals surface area contributed by atoms with Crippen LogP contribution in [0.4, 0.5) is 0 Å². The monoisotopic (exact) mass is 301 g/mol. The van der Waals surface area contributed by atoms with Crippen LogP contribution in [-0.4, -0.2) is 10.1 Å². The summed E-state index contributed by atoms with van der Waals surface area (Å²) < 4.78 is 0.919. The number of aliphatic hydroxyl groups is 1. The molecule has 1 aromatic heterocycles. The Hall–Kier alpha value is -1.58. The number of halogens is 1. The van der Waals surface area contributed by atoms with E-state index in [4.69, 9.17) is 0 Å². The fourth-order valence-electron chi connectivity index (χ4n) is 2.18. The summed E-state index contributed by atoms with van der Waals surface area (Å²) in [5.41, 5.74) is 2.82.